The summed E-state index contributed by atoms with van der Waals surface area (Å²) in [5.74, 6) is 1.32. The highest BCUT2D eigenvalue weighted by Crippen LogP contribution is 2.19. The maximum absolute atomic E-state index is 11.5. The van der Waals surface area contributed by atoms with Crippen molar-refractivity contribution in [3.63, 3.8) is 0 Å². The van der Waals surface area contributed by atoms with Gasteiger partial charge in [0.15, 0.2) is 5.78 Å². The van der Waals surface area contributed by atoms with Gasteiger partial charge in [-0.15, -0.1) is 0 Å². The highest BCUT2D eigenvalue weighted by Gasteiger charge is 2.06. The third kappa shape index (κ3) is 4.85. The van der Waals surface area contributed by atoms with E-state index < -0.39 is 0 Å². The molecule has 0 bridgehead atoms. The topological polar surface area (TPSA) is 62.1 Å². The first-order valence-corrected chi connectivity index (χ1v) is 8.00. The average molecular weight is 322 g/mol. The molecule has 124 valence electrons. The first kappa shape index (κ1) is 17.6. The molecular weight excluding hydrogens is 300 g/mol. The van der Waals surface area contributed by atoms with E-state index in [0.717, 1.165) is 11.3 Å². The van der Waals surface area contributed by atoms with Gasteiger partial charge < -0.3 is 10.1 Å². The van der Waals surface area contributed by atoms with Gasteiger partial charge >= 0.3 is 0 Å². The molecule has 0 unspecified atom stereocenters. The van der Waals surface area contributed by atoms with Crippen LogP contribution in [0.5, 0.6) is 5.75 Å². The van der Waals surface area contributed by atoms with Gasteiger partial charge in [-0.25, -0.2) is 0 Å². The van der Waals surface area contributed by atoms with Crippen LogP contribution in [-0.4, -0.2) is 12.4 Å². The standard InChI is InChI=1S/C20H22N2O2/c1-14(2)13-24-19-8-4-16(5-9-19)12-22-20-10-17(15(3)23)6-7-18(20)11-21/h4-10,14,22H,12-13H2,1-3H3. The van der Waals surface area contributed by atoms with Crippen LogP contribution in [-0.2, 0) is 6.54 Å². The van der Waals surface area contributed by atoms with Crippen molar-refractivity contribution in [2.45, 2.75) is 27.3 Å². The number of Topliss-reactive ketones (excluding diaryl/α,β-unsaturated/α-hetero) is 1. The minimum absolute atomic E-state index is 0.0193. The lowest BCUT2D eigenvalue weighted by Gasteiger charge is -2.11. The van der Waals surface area contributed by atoms with Gasteiger partial charge in [-0.1, -0.05) is 26.0 Å². The number of nitrogens with zero attached hydrogens (tertiary/aromatic N) is 1. The zero-order chi connectivity index (χ0) is 17.5. The van der Waals surface area contributed by atoms with E-state index in [1.54, 1.807) is 18.2 Å². The first-order chi connectivity index (χ1) is 11.5. The molecule has 0 radical (unpaired) electrons. The van der Waals surface area contributed by atoms with Crippen LogP contribution in [0.1, 0.15) is 42.3 Å². The number of hydrogen-bond acceptors (Lipinski definition) is 4. The fraction of sp³-hybridized carbons (Fsp3) is 0.300. The summed E-state index contributed by atoms with van der Waals surface area (Å²) in [6.07, 6.45) is 0. The summed E-state index contributed by atoms with van der Waals surface area (Å²) in [6.45, 7) is 7.00. The molecule has 0 aromatic heterocycles. The molecule has 0 spiro atoms. The van der Waals surface area contributed by atoms with E-state index in [0.29, 0.717) is 35.9 Å². The van der Waals surface area contributed by atoms with Gasteiger partial charge in [0.25, 0.3) is 0 Å². The molecule has 4 heteroatoms. The molecule has 1 N–H and O–H groups in total. The summed E-state index contributed by atoms with van der Waals surface area (Å²) >= 11 is 0. The van der Waals surface area contributed by atoms with E-state index in [2.05, 4.69) is 25.2 Å². The smallest absolute Gasteiger partial charge is 0.159 e. The van der Waals surface area contributed by atoms with Crippen LogP contribution >= 0.6 is 0 Å². The zero-order valence-corrected chi connectivity index (χ0v) is 14.3. The molecule has 0 saturated heterocycles. The number of carbonyl (C=O) groups excluding carboxylic acids is 1. The van der Waals surface area contributed by atoms with Crippen LogP contribution in [0.2, 0.25) is 0 Å². The molecule has 4 nitrogen and oxygen atoms in total. The van der Waals surface area contributed by atoms with Crippen molar-refractivity contribution in [1.82, 2.24) is 0 Å². The number of hydrogen-bond donors (Lipinski definition) is 1. The second-order valence-electron chi connectivity index (χ2n) is 6.13. The molecular formula is C20H22N2O2. The molecule has 0 aliphatic carbocycles. The Kier molecular flexibility index (Phi) is 5.97. The Bertz CT molecular complexity index is 743. The van der Waals surface area contributed by atoms with Crippen LogP contribution in [0.15, 0.2) is 42.5 Å². The minimum atomic E-state index is -0.0193. The van der Waals surface area contributed by atoms with Gasteiger partial charge in [0.2, 0.25) is 0 Å². The van der Waals surface area contributed by atoms with Crippen LogP contribution < -0.4 is 10.1 Å². The number of carbonyl (C=O) groups is 1. The van der Waals surface area contributed by atoms with Gasteiger partial charge in [-0.3, -0.25) is 4.79 Å². The Labute approximate surface area is 143 Å². The number of benzene rings is 2. The van der Waals surface area contributed by atoms with Crippen LogP contribution in [0, 0.1) is 17.2 Å². The second-order valence-corrected chi connectivity index (χ2v) is 6.13. The fourth-order valence-electron chi connectivity index (χ4n) is 2.17. The monoisotopic (exact) mass is 322 g/mol. The van der Waals surface area contributed by atoms with E-state index in [1.165, 1.54) is 6.92 Å². The number of ether oxygens (including phenoxy) is 1. The van der Waals surface area contributed by atoms with Crippen LogP contribution in [0.25, 0.3) is 0 Å². The fourth-order valence-corrected chi connectivity index (χ4v) is 2.17. The lowest BCUT2D eigenvalue weighted by atomic mass is 10.1. The maximum atomic E-state index is 11.5. The number of ketones is 1. The highest BCUT2D eigenvalue weighted by atomic mass is 16.5. The van der Waals surface area contributed by atoms with Crippen molar-refractivity contribution in [2.24, 2.45) is 5.92 Å². The Morgan fingerprint density at radius 2 is 1.92 bits per heavy atom. The molecule has 0 atom stereocenters. The number of anilines is 1. The number of nitrogens with one attached hydrogen (secondary N) is 1. The predicted octanol–water partition coefficient (Wildman–Crippen LogP) is 4.41. The molecule has 2 aromatic carbocycles. The van der Waals surface area contributed by atoms with Gasteiger partial charge in [0.05, 0.1) is 17.9 Å². The largest absolute Gasteiger partial charge is 0.493 e. The molecule has 0 aliphatic rings. The molecule has 2 aromatic rings. The van der Waals surface area contributed by atoms with Crippen molar-refractivity contribution in [1.29, 1.82) is 5.26 Å². The van der Waals surface area contributed by atoms with E-state index in [-0.39, 0.29) is 5.78 Å². The summed E-state index contributed by atoms with van der Waals surface area (Å²) in [4.78, 5) is 11.5. The van der Waals surface area contributed by atoms with E-state index in [1.807, 2.05) is 24.3 Å². The maximum Gasteiger partial charge on any atom is 0.159 e. The van der Waals surface area contributed by atoms with E-state index in [9.17, 15) is 10.1 Å². The third-order valence-corrected chi connectivity index (χ3v) is 3.54. The van der Waals surface area contributed by atoms with E-state index in [4.69, 9.17) is 4.74 Å². The van der Waals surface area contributed by atoms with Crippen molar-refractivity contribution in [3.8, 4) is 11.8 Å². The van der Waals surface area contributed by atoms with Crippen molar-refractivity contribution >= 4 is 11.5 Å². The number of nitriles is 1. The summed E-state index contributed by atoms with van der Waals surface area (Å²) in [5, 5.41) is 12.4. The Balaban J connectivity index is 2.04. The predicted molar refractivity (Wildman–Crippen MR) is 95.3 cm³/mol. The minimum Gasteiger partial charge on any atom is -0.493 e. The SMILES string of the molecule is CC(=O)c1ccc(C#N)c(NCc2ccc(OCC(C)C)cc2)c1. The van der Waals surface area contributed by atoms with Gasteiger partial charge in [0.1, 0.15) is 11.8 Å². The van der Waals surface area contributed by atoms with Crippen LogP contribution in [0.3, 0.4) is 0 Å². The molecule has 0 heterocycles. The van der Waals surface area contributed by atoms with Crippen molar-refractivity contribution in [2.75, 3.05) is 11.9 Å². The van der Waals surface area contributed by atoms with Gasteiger partial charge in [-0.2, -0.15) is 5.26 Å². The lowest BCUT2D eigenvalue weighted by molar-refractivity contribution is 0.101. The van der Waals surface area contributed by atoms with E-state index >= 15 is 0 Å². The third-order valence-electron chi connectivity index (χ3n) is 3.54. The Morgan fingerprint density at radius 3 is 2.50 bits per heavy atom. The van der Waals surface area contributed by atoms with Crippen molar-refractivity contribution < 1.29 is 9.53 Å². The normalized spacial score (nSPS) is 10.3. The molecule has 0 aliphatic heterocycles. The molecule has 0 amide bonds. The molecule has 24 heavy (non-hydrogen) atoms. The molecule has 0 saturated carbocycles. The van der Waals surface area contributed by atoms with Crippen LogP contribution in [0.4, 0.5) is 5.69 Å². The quantitative estimate of drug-likeness (QED) is 0.767. The summed E-state index contributed by atoms with van der Waals surface area (Å²) < 4.78 is 5.66. The van der Waals surface area contributed by atoms with Crippen molar-refractivity contribution in [3.05, 3.63) is 59.2 Å². The first-order valence-electron chi connectivity index (χ1n) is 8.00. The molecule has 2 rings (SSSR count). The summed E-state index contributed by atoms with van der Waals surface area (Å²) in [5.41, 5.74) is 2.86. The Hall–Kier alpha value is -2.80. The summed E-state index contributed by atoms with van der Waals surface area (Å²) in [7, 11) is 0. The zero-order valence-electron chi connectivity index (χ0n) is 14.3. The summed E-state index contributed by atoms with van der Waals surface area (Å²) in [6, 6.07) is 15.1. The highest BCUT2D eigenvalue weighted by molar-refractivity contribution is 5.95. The number of rotatable bonds is 7. The second kappa shape index (κ2) is 8.16. The Morgan fingerprint density at radius 1 is 1.21 bits per heavy atom. The lowest BCUT2D eigenvalue weighted by Crippen LogP contribution is -2.05. The van der Waals surface area contributed by atoms with Gasteiger partial charge in [-0.05, 0) is 48.7 Å². The van der Waals surface area contributed by atoms with Gasteiger partial charge in [0, 0.05) is 12.1 Å². The average Bonchev–Trinajstić information content (AvgIpc) is 2.58. The molecule has 0 fully saturated rings.